The molecule has 4 bridgehead atoms. The zero-order chi connectivity index (χ0) is 11.5. The van der Waals surface area contributed by atoms with Crippen LogP contribution in [0, 0.1) is 29.1 Å². The fraction of sp³-hybridized carbons (Fsp3) is 0.667. The third-order valence-electron chi connectivity index (χ3n) is 5.47. The molecule has 0 radical (unpaired) electrons. The van der Waals surface area contributed by atoms with Crippen LogP contribution in [0.5, 0.6) is 0 Å². The first-order valence-corrected chi connectivity index (χ1v) is 6.87. The van der Waals surface area contributed by atoms with Crippen LogP contribution in [0.2, 0.25) is 0 Å². The van der Waals surface area contributed by atoms with Gasteiger partial charge in [0.1, 0.15) is 11.8 Å². The molecule has 2 heteroatoms. The molecule has 17 heavy (non-hydrogen) atoms. The van der Waals surface area contributed by atoms with Crippen LogP contribution < -0.4 is 0 Å². The third-order valence-corrected chi connectivity index (χ3v) is 5.47. The fourth-order valence-electron chi connectivity index (χ4n) is 5.34. The number of aromatic nitrogens is 1. The predicted octanol–water partition coefficient (Wildman–Crippen LogP) is 3.35. The van der Waals surface area contributed by atoms with Gasteiger partial charge in [-0.1, -0.05) is 0 Å². The molecule has 1 aromatic heterocycles. The van der Waals surface area contributed by atoms with Crippen molar-refractivity contribution in [2.24, 2.45) is 17.8 Å². The van der Waals surface area contributed by atoms with Crippen molar-refractivity contribution in [2.45, 2.75) is 43.9 Å². The third kappa shape index (κ3) is 1.26. The molecule has 4 fully saturated rings. The molecule has 2 nitrogen and oxygen atoms in total. The van der Waals surface area contributed by atoms with Crippen molar-refractivity contribution in [3.63, 3.8) is 0 Å². The molecule has 0 amide bonds. The number of nitrogens with zero attached hydrogens (tertiary/aromatic N) is 1. The minimum atomic E-state index is 0.361. The number of nitriles is 1. The zero-order valence-corrected chi connectivity index (χ0v) is 10.1. The van der Waals surface area contributed by atoms with Gasteiger partial charge < -0.3 is 4.98 Å². The topological polar surface area (TPSA) is 39.6 Å². The van der Waals surface area contributed by atoms with Gasteiger partial charge in [-0.2, -0.15) is 5.26 Å². The quantitative estimate of drug-likeness (QED) is 0.783. The van der Waals surface area contributed by atoms with Gasteiger partial charge in [-0.25, -0.2) is 0 Å². The molecule has 1 N–H and O–H groups in total. The van der Waals surface area contributed by atoms with Crippen LogP contribution in [0.25, 0.3) is 0 Å². The van der Waals surface area contributed by atoms with Gasteiger partial charge in [0.25, 0.3) is 0 Å². The smallest absolute Gasteiger partial charge is 0.121 e. The molecule has 1 aromatic rings. The molecule has 4 aliphatic carbocycles. The fourth-order valence-corrected chi connectivity index (χ4v) is 5.34. The molecule has 0 saturated heterocycles. The highest BCUT2D eigenvalue weighted by atomic mass is 14.7. The molecular weight excluding hydrogens is 208 g/mol. The number of nitrogens with one attached hydrogen (secondary N) is 1. The summed E-state index contributed by atoms with van der Waals surface area (Å²) in [5, 5.41) is 9.23. The summed E-state index contributed by atoms with van der Waals surface area (Å²) in [7, 11) is 0. The Morgan fingerprint density at radius 1 is 1.12 bits per heavy atom. The Bertz CT molecular complexity index is 456. The van der Waals surface area contributed by atoms with Crippen LogP contribution in [-0.4, -0.2) is 4.98 Å². The van der Waals surface area contributed by atoms with E-state index in [0.717, 1.165) is 23.4 Å². The molecule has 88 valence electrons. The number of rotatable bonds is 1. The second-order valence-corrected chi connectivity index (χ2v) is 6.58. The van der Waals surface area contributed by atoms with Crippen LogP contribution >= 0.6 is 0 Å². The van der Waals surface area contributed by atoms with Gasteiger partial charge in [-0.3, -0.25) is 0 Å². The maximum Gasteiger partial charge on any atom is 0.121 e. The van der Waals surface area contributed by atoms with E-state index in [1.54, 1.807) is 0 Å². The first-order chi connectivity index (χ1) is 8.29. The van der Waals surface area contributed by atoms with Crippen molar-refractivity contribution in [1.82, 2.24) is 4.98 Å². The van der Waals surface area contributed by atoms with E-state index in [9.17, 15) is 5.26 Å². The SMILES string of the molecule is N#Cc1[nH]ccc1C12CC3CC(CC(C3)C1)C2. The summed E-state index contributed by atoms with van der Waals surface area (Å²) < 4.78 is 0. The molecule has 0 unspecified atom stereocenters. The Kier molecular flexibility index (Phi) is 1.82. The minimum Gasteiger partial charge on any atom is -0.353 e. The Hall–Kier alpha value is -1.23. The number of hydrogen-bond donors (Lipinski definition) is 1. The van der Waals surface area contributed by atoms with Gasteiger partial charge >= 0.3 is 0 Å². The van der Waals surface area contributed by atoms with Crippen LogP contribution in [-0.2, 0) is 5.41 Å². The highest BCUT2D eigenvalue weighted by Gasteiger charge is 2.52. The van der Waals surface area contributed by atoms with Crippen molar-refractivity contribution in [2.75, 3.05) is 0 Å². The van der Waals surface area contributed by atoms with Crippen molar-refractivity contribution in [3.8, 4) is 6.07 Å². The van der Waals surface area contributed by atoms with Gasteiger partial charge in [0.15, 0.2) is 0 Å². The Morgan fingerprint density at radius 2 is 1.71 bits per heavy atom. The monoisotopic (exact) mass is 226 g/mol. The van der Waals surface area contributed by atoms with Crippen LogP contribution in [0.4, 0.5) is 0 Å². The lowest BCUT2D eigenvalue weighted by Gasteiger charge is -2.56. The molecule has 1 heterocycles. The first-order valence-electron chi connectivity index (χ1n) is 6.87. The largest absolute Gasteiger partial charge is 0.353 e. The molecule has 0 spiro atoms. The highest BCUT2D eigenvalue weighted by molar-refractivity contribution is 5.39. The van der Waals surface area contributed by atoms with E-state index in [2.05, 4.69) is 17.1 Å². The van der Waals surface area contributed by atoms with Gasteiger partial charge in [0.05, 0.1) is 0 Å². The van der Waals surface area contributed by atoms with E-state index in [1.807, 2.05) is 6.20 Å². The maximum atomic E-state index is 9.23. The number of hydrogen-bond acceptors (Lipinski definition) is 1. The highest BCUT2D eigenvalue weighted by Crippen LogP contribution is 2.61. The molecule has 5 rings (SSSR count). The molecule has 0 aliphatic heterocycles. The summed E-state index contributed by atoms with van der Waals surface area (Å²) in [5.41, 5.74) is 2.52. The summed E-state index contributed by atoms with van der Waals surface area (Å²) >= 11 is 0. The van der Waals surface area contributed by atoms with Crippen LogP contribution in [0.1, 0.15) is 49.8 Å². The van der Waals surface area contributed by atoms with E-state index in [-0.39, 0.29) is 0 Å². The lowest BCUT2D eigenvalue weighted by Crippen LogP contribution is -2.48. The van der Waals surface area contributed by atoms with E-state index >= 15 is 0 Å². The maximum absolute atomic E-state index is 9.23. The lowest BCUT2D eigenvalue weighted by molar-refractivity contribution is -0.00524. The summed E-state index contributed by atoms with van der Waals surface area (Å²) in [6.07, 6.45) is 10.4. The van der Waals surface area contributed by atoms with Gasteiger partial charge in [-0.15, -0.1) is 0 Å². The average Bonchev–Trinajstić information content (AvgIpc) is 2.75. The second kappa shape index (κ2) is 3.16. The van der Waals surface area contributed by atoms with Gasteiger partial charge in [0, 0.05) is 6.20 Å². The molecule has 0 atom stereocenters. The first kappa shape index (κ1) is 9.76. The zero-order valence-electron chi connectivity index (χ0n) is 10.1. The van der Waals surface area contributed by atoms with Gasteiger partial charge in [0.2, 0.25) is 0 Å². The van der Waals surface area contributed by atoms with E-state index in [1.165, 1.54) is 44.1 Å². The summed E-state index contributed by atoms with van der Waals surface area (Å²) in [6.45, 7) is 0. The van der Waals surface area contributed by atoms with E-state index < -0.39 is 0 Å². The molecule has 0 aromatic carbocycles. The summed E-state index contributed by atoms with van der Waals surface area (Å²) in [6, 6.07) is 4.52. The standard InChI is InChI=1S/C15H18N2/c16-9-14-13(1-2-17-14)15-6-10-3-11(7-15)5-12(4-10)8-15/h1-2,10-12,17H,3-8H2. The Balaban J connectivity index is 1.80. The minimum absolute atomic E-state index is 0.361. The normalized spacial score (nSPS) is 42.6. The van der Waals surface area contributed by atoms with Crippen LogP contribution in [0.3, 0.4) is 0 Å². The lowest BCUT2D eigenvalue weighted by atomic mass is 9.48. The predicted molar refractivity (Wildman–Crippen MR) is 65.4 cm³/mol. The molecular formula is C15H18N2. The van der Waals surface area contributed by atoms with Crippen LogP contribution in [0.15, 0.2) is 12.3 Å². The van der Waals surface area contributed by atoms with Crippen molar-refractivity contribution in [1.29, 1.82) is 5.26 Å². The Morgan fingerprint density at radius 3 is 2.24 bits per heavy atom. The second-order valence-electron chi connectivity index (χ2n) is 6.58. The average molecular weight is 226 g/mol. The number of H-pyrrole nitrogens is 1. The summed E-state index contributed by atoms with van der Waals surface area (Å²) in [5.74, 6) is 2.84. The molecule has 4 saturated carbocycles. The van der Waals surface area contributed by atoms with Gasteiger partial charge in [-0.05, 0) is 73.3 Å². The number of aromatic amines is 1. The van der Waals surface area contributed by atoms with Crippen molar-refractivity contribution >= 4 is 0 Å². The van der Waals surface area contributed by atoms with Crippen molar-refractivity contribution < 1.29 is 0 Å². The molecule has 4 aliphatic rings. The Labute approximate surface area is 102 Å². The summed E-state index contributed by atoms with van der Waals surface area (Å²) in [4.78, 5) is 3.12. The van der Waals surface area contributed by atoms with E-state index in [4.69, 9.17) is 0 Å². The van der Waals surface area contributed by atoms with E-state index in [0.29, 0.717) is 5.41 Å². The van der Waals surface area contributed by atoms with Crippen molar-refractivity contribution in [3.05, 3.63) is 23.5 Å².